The van der Waals surface area contributed by atoms with E-state index in [0.29, 0.717) is 16.6 Å². The number of carbonyl (C=O) groups is 1. The van der Waals surface area contributed by atoms with E-state index in [1.165, 1.54) is 11.8 Å². The van der Waals surface area contributed by atoms with Crippen molar-refractivity contribution in [1.29, 1.82) is 0 Å². The highest BCUT2D eigenvalue weighted by Crippen LogP contribution is 2.28. The van der Waals surface area contributed by atoms with E-state index in [1.807, 2.05) is 49.4 Å². The van der Waals surface area contributed by atoms with Crippen molar-refractivity contribution in [3.05, 3.63) is 58.1 Å². The van der Waals surface area contributed by atoms with Crippen LogP contribution in [-0.4, -0.2) is 30.6 Å². The summed E-state index contributed by atoms with van der Waals surface area (Å²) < 4.78 is 5.14. The normalized spacial score (nSPS) is 11.8. The van der Waals surface area contributed by atoms with Crippen LogP contribution in [0.25, 0.3) is 0 Å². The lowest BCUT2D eigenvalue weighted by Crippen LogP contribution is -2.32. The first-order valence-electron chi connectivity index (χ1n) is 8.10. The van der Waals surface area contributed by atoms with Crippen LogP contribution in [-0.2, 0) is 10.5 Å². The maximum atomic E-state index is 12.2. The van der Waals surface area contributed by atoms with Gasteiger partial charge in [-0.25, -0.2) is 0 Å². The maximum Gasteiger partial charge on any atom is 0.233 e. The summed E-state index contributed by atoms with van der Waals surface area (Å²) in [5.74, 6) is 2.36. The minimum absolute atomic E-state index is 0.0298. The van der Waals surface area contributed by atoms with Gasteiger partial charge in [-0.15, -0.1) is 11.8 Å². The summed E-state index contributed by atoms with van der Waals surface area (Å²) in [7, 11) is 1.63. The molecule has 2 aromatic carbocycles. The molecule has 0 bridgehead atoms. The van der Waals surface area contributed by atoms with Crippen molar-refractivity contribution in [2.24, 2.45) is 0 Å². The fourth-order valence-corrected chi connectivity index (χ4v) is 4.63. The van der Waals surface area contributed by atoms with Crippen molar-refractivity contribution in [2.75, 3.05) is 19.4 Å². The summed E-state index contributed by atoms with van der Waals surface area (Å²) in [6, 6.07) is 13.2. The average Bonchev–Trinajstić information content (AvgIpc) is 2.64. The zero-order chi connectivity index (χ0) is 18.9. The van der Waals surface area contributed by atoms with E-state index in [0.717, 1.165) is 27.7 Å². The second kappa shape index (κ2) is 11.0. The van der Waals surface area contributed by atoms with E-state index in [2.05, 4.69) is 5.32 Å². The molecular formula is C19H21Cl2NO2S2. The van der Waals surface area contributed by atoms with E-state index in [1.54, 1.807) is 18.9 Å². The van der Waals surface area contributed by atoms with Crippen LogP contribution in [0.2, 0.25) is 10.0 Å². The molecule has 2 rings (SSSR count). The van der Waals surface area contributed by atoms with Crippen molar-refractivity contribution < 1.29 is 9.53 Å². The molecule has 1 N–H and O–H groups in total. The number of methoxy groups -OCH3 is 1. The van der Waals surface area contributed by atoms with E-state index in [9.17, 15) is 4.79 Å². The van der Waals surface area contributed by atoms with Gasteiger partial charge in [0.25, 0.3) is 0 Å². The Morgan fingerprint density at radius 3 is 2.42 bits per heavy atom. The van der Waals surface area contributed by atoms with Crippen LogP contribution in [0.5, 0.6) is 5.75 Å². The van der Waals surface area contributed by atoms with Crippen LogP contribution < -0.4 is 10.1 Å². The van der Waals surface area contributed by atoms with Crippen LogP contribution in [0.1, 0.15) is 12.5 Å². The maximum absolute atomic E-state index is 12.2. The number of amides is 1. The number of thioether (sulfide) groups is 2. The molecule has 0 saturated carbocycles. The summed E-state index contributed by atoms with van der Waals surface area (Å²) in [6.45, 7) is 2.51. The molecule has 1 atom stereocenters. The number of hydrogen-bond acceptors (Lipinski definition) is 4. The Bertz CT molecular complexity index is 706. The number of hydrogen-bond donors (Lipinski definition) is 1. The topological polar surface area (TPSA) is 38.3 Å². The molecule has 7 heteroatoms. The molecule has 3 nitrogen and oxygen atoms in total. The van der Waals surface area contributed by atoms with E-state index < -0.39 is 0 Å². The number of rotatable bonds is 9. The monoisotopic (exact) mass is 429 g/mol. The van der Waals surface area contributed by atoms with Gasteiger partial charge in [0.05, 0.1) is 12.4 Å². The first-order chi connectivity index (χ1) is 12.5. The predicted octanol–water partition coefficient (Wildman–Crippen LogP) is 5.53. The number of carbonyl (C=O) groups excluding carboxylic acids is 1. The highest BCUT2D eigenvalue weighted by atomic mass is 35.5. The van der Waals surface area contributed by atoms with Crippen molar-refractivity contribution in [3.63, 3.8) is 0 Å². The summed E-state index contributed by atoms with van der Waals surface area (Å²) >= 11 is 15.5. The van der Waals surface area contributed by atoms with Gasteiger partial charge in [0.15, 0.2) is 0 Å². The first-order valence-corrected chi connectivity index (χ1v) is 10.9. The largest absolute Gasteiger partial charge is 0.497 e. The Morgan fingerprint density at radius 2 is 1.81 bits per heavy atom. The van der Waals surface area contributed by atoms with Gasteiger partial charge in [0.2, 0.25) is 5.91 Å². The molecule has 0 aliphatic heterocycles. The minimum atomic E-state index is -0.161. The van der Waals surface area contributed by atoms with E-state index in [-0.39, 0.29) is 11.2 Å². The Hall–Kier alpha value is -1.01. The molecule has 2 aromatic rings. The Balaban J connectivity index is 1.69. The third-order valence-corrected chi connectivity index (χ3v) is 6.40. The highest BCUT2D eigenvalue weighted by Gasteiger charge is 2.14. The lowest BCUT2D eigenvalue weighted by atomic mass is 10.2. The Labute approximate surface area is 173 Å². The van der Waals surface area contributed by atoms with Crippen molar-refractivity contribution in [3.8, 4) is 5.75 Å². The van der Waals surface area contributed by atoms with Gasteiger partial charge in [0.1, 0.15) is 5.75 Å². The second-order valence-corrected chi connectivity index (χ2v) is 8.81. The van der Waals surface area contributed by atoms with Gasteiger partial charge < -0.3 is 10.1 Å². The molecule has 0 aliphatic rings. The quantitative estimate of drug-likeness (QED) is 0.419. The van der Waals surface area contributed by atoms with Gasteiger partial charge in [-0.1, -0.05) is 29.3 Å². The summed E-state index contributed by atoms with van der Waals surface area (Å²) in [4.78, 5) is 13.2. The average molecular weight is 430 g/mol. The minimum Gasteiger partial charge on any atom is -0.497 e. The number of nitrogens with one attached hydrogen (secondary N) is 1. The van der Waals surface area contributed by atoms with Crippen LogP contribution in [0.4, 0.5) is 0 Å². The van der Waals surface area contributed by atoms with Crippen LogP contribution >= 0.6 is 46.7 Å². The summed E-state index contributed by atoms with van der Waals surface area (Å²) in [6.07, 6.45) is 0. The third-order valence-electron chi connectivity index (χ3n) is 3.60. The molecule has 0 spiro atoms. The van der Waals surface area contributed by atoms with Crippen LogP contribution in [0, 0.1) is 0 Å². The third kappa shape index (κ3) is 6.62. The standard InChI is InChI=1S/C19H21Cl2NO2S2/c1-13(26-15-8-6-14(24-2)7-9-15)19(23)22-10-11-25-12-16-17(20)4-3-5-18(16)21/h3-9,13H,10-12H2,1-2H3,(H,22,23)/t13-/m1/s1. The molecule has 1 amide bonds. The highest BCUT2D eigenvalue weighted by molar-refractivity contribution is 8.00. The fraction of sp³-hybridized carbons (Fsp3) is 0.316. The lowest BCUT2D eigenvalue weighted by Gasteiger charge is -2.12. The molecular weight excluding hydrogens is 409 g/mol. The summed E-state index contributed by atoms with van der Waals surface area (Å²) in [5, 5.41) is 4.17. The Morgan fingerprint density at radius 1 is 1.15 bits per heavy atom. The lowest BCUT2D eigenvalue weighted by molar-refractivity contribution is -0.120. The van der Waals surface area contributed by atoms with Crippen LogP contribution in [0.3, 0.4) is 0 Å². The van der Waals surface area contributed by atoms with Crippen molar-refractivity contribution >= 4 is 52.6 Å². The SMILES string of the molecule is COc1ccc(S[C@H](C)C(=O)NCCSCc2c(Cl)cccc2Cl)cc1. The number of ether oxygens (including phenoxy) is 1. The predicted molar refractivity (Wildman–Crippen MR) is 114 cm³/mol. The smallest absolute Gasteiger partial charge is 0.233 e. The van der Waals surface area contributed by atoms with Gasteiger partial charge in [0, 0.05) is 33.0 Å². The van der Waals surface area contributed by atoms with Crippen molar-refractivity contribution in [2.45, 2.75) is 22.8 Å². The fourth-order valence-electron chi connectivity index (χ4n) is 2.15. The second-order valence-electron chi connectivity index (χ2n) is 5.48. The molecule has 0 aliphatic carbocycles. The molecule has 0 radical (unpaired) electrons. The van der Waals surface area contributed by atoms with E-state index >= 15 is 0 Å². The Kier molecular flexibility index (Phi) is 8.99. The van der Waals surface area contributed by atoms with Gasteiger partial charge >= 0.3 is 0 Å². The number of benzene rings is 2. The molecule has 0 fully saturated rings. The molecule has 0 aromatic heterocycles. The molecule has 0 unspecified atom stereocenters. The van der Waals surface area contributed by atoms with E-state index in [4.69, 9.17) is 27.9 Å². The van der Waals surface area contributed by atoms with Gasteiger partial charge in [-0.05, 0) is 48.9 Å². The zero-order valence-corrected chi connectivity index (χ0v) is 17.8. The molecule has 140 valence electrons. The van der Waals surface area contributed by atoms with Gasteiger partial charge in [-0.2, -0.15) is 11.8 Å². The van der Waals surface area contributed by atoms with Gasteiger partial charge in [-0.3, -0.25) is 4.79 Å². The first kappa shape index (κ1) is 21.3. The molecule has 0 saturated heterocycles. The van der Waals surface area contributed by atoms with Crippen LogP contribution in [0.15, 0.2) is 47.4 Å². The molecule has 0 heterocycles. The summed E-state index contributed by atoms with van der Waals surface area (Å²) in [5.41, 5.74) is 0.940. The van der Waals surface area contributed by atoms with Crippen molar-refractivity contribution in [1.82, 2.24) is 5.32 Å². The zero-order valence-electron chi connectivity index (χ0n) is 14.6. The molecule has 26 heavy (non-hydrogen) atoms. The number of halogens is 2.